The van der Waals surface area contributed by atoms with Crippen molar-refractivity contribution >= 4 is 5.95 Å². The molecule has 0 aliphatic heterocycles. The van der Waals surface area contributed by atoms with E-state index in [0.29, 0.717) is 31.0 Å². The summed E-state index contributed by atoms with van der Waals surface area (Å²) in [4.78, 5) is 20.2. The van der Waals surface area contributed by atoms with E-state index in [4.69, 9.17) is 0 Å². The third-order valence-electron chi connectivity index (χ3n) is 3.27. The normalized spacial score (nSPS) is 10.7. The summed E-state index contributed by atoms with van der Waals surface area (Å²) in [7, 11) is 0. The molecule has 0 unspecified atom stereocenters. The van der Waals surface area contributed by atoms with Crippen molar-refractivity contribution in [3.63, 3.8) is 0 Å². The summed E-state index contributed by atoms with van der Waals surface area (Å²) in [5, 5.41) is 2.90. The Balaban J connectivity index is 2.63. The highest BCUT2D eigenvalue weighted by Crippen LogP contribution is 2.21. The van der Waals surface area contributed by atoms with Crippen LogP contribution >= 0.6 is 0 Å². The molecule has 5 nitrogen and oxygen atoms in total. The molecule has 0 aliphatic carbocycles. The van der Waals surface area contributed by atoms with Crippen molar-refractivity contribution in [3.05, 3.63) is 45.9 Å². The second-order valence-corrected chi connectivity index (χ2v) is 4.64. The lowest BCUT2D eigenvalue weighted by Crippen LogP contribution is -2.25. The predicted molar refractivity (Wildman–Crippen MR) is 80.5 cm³/mol. The van der Waals surface area contributed by atoms with Crippen molar-refractivity contribution in [2.24, 2.45) is 0 Å². The van der Waals surface area contributed by atoms with Crippen LogP contribution in [0.2, 0.25) is 0 Å². The fourth-order valence-corrected chi connectivity index (χ4v) is 2.30. The molecule has 1 aromatic carbocycles. The number of hydrogen-bond acceptors (Lipinski definition) is 4. The van der Waals surface area contributed by atoms with Crippen LogP contribution in [-0.4, -0.2) is 21.1 Å². The minimum Gasteiger partial charge on any atom is -0.354 e. The molecule has 112 valence electrons. The first-order chi connectivity index (χ1) is 10.1. The van der Waals surface area contributed by atoms with Gasteiger partial charge in [0.25, 0.3) is 0 Å². The number of halogens is 1. The average molecular weight is 290 g/mol. The maximum absolute atomic E-state index is 13.6. The van der Waals surface area contributed by atoms with Crippen molar-refractivity contribution in [3.8, 4) is 5.69 Å². The molecule has 2 aromatic rings. The first-order valence-electron chi connectivity index (χ1n) is 7.11. The Hall–Kier alpha value is -2.24. The molecule has 0 aliphatic rings. The first kappa shape index (κ1) is 15.2. The molecule has 0 spiro atoms. The smallest absolute Gasteiger partial charge is 0.354 e. The van der Waals surface area contributed by atoms with Crippen LogP contribution in [0.25, 0.3) is 5.69 Å². The van der Waals surface area contributed by atoms with Crippen molar-refractivity contribution < 1.29 is 4.39 Å². The van der Waals surface area contributed by atoms with Crippen LogP contribution in [0.5, 0.6) is 0 Å². The summed E-state index contributed by atoms with van der Waals surface area (Å²) in [6.07, 6.45) is 2.70. The van der Waals surface area contributed by atoms with E-state index in [1.165, 1.54) is 23.0 Å². The van der Waals surface area contributed by atoms with Gasteiger partial charge >= 0.3 is 5.69 Å². The summed E-state index contributed by atoms with van der Waals surface area (Å²) in [6.45, 7) is 6.40. The molecule has 0 fully saturated rings. The van der Waals surface area contributed by atoms with Gasteiger partial charge in [0.1, 0.15) is 12.1 Å². The molecule has 1 N–H and O–H groups in total. The minimum atomic E-state index is -0.419. The molecule has 6 heteroatoms. The van der Waals surface area contributed by atoms with E-state index >= 15 is 0 Å². The lowest BCUT2D eigenvalue weighted by atomic mass is 10.0. The van der Waals surface area contributed by atoms with E-state index in [9.17, 15) is 9.18 Å². The molecular weight excluding hydrogens is 271 g/mol. The third kappa shape index (κ3) is 3.09. The number of rotatable bonds is 5. The van der Waals surface area contributed by atoms with Gasteiger partial charge < -0.3 is 5.32 Å². The Kier molecular flexibility index (Phi) is 4.67. The number of anilines is 1. The molecule has 1 aromatic heterocycles. The molecule has 0 radical (unpaired) electrons. The standard InChI is InChI=1S/C15H19FN4O/c1-4-10-7-12(16)8-11(5-2)13(10)20-9-18-14(17-6-3)19-15(20)21/h7-9H,4-6H2,1-3H3,(H,17,19,21). The van der Waals surface area contributed by atoms with Crippen molar-refractivity contribution in [2.75, 3.05) is 11.9 Å². The second-order valence-electron chi connectivity index (χ2n) is 4.64. The van der Waals surface area contributed by atoms with Gasteiger partial charge in [0, 0.05) is 6.54 Å². The zero-order chi connectivity index (χ0) is 15.4. The van der Waals surface area contributed by atoms with Gasteiger partial charge in [-0.1, -0.05) is 13.8 Å². The van der Waals surface area contributed by atoms with Crippen LogP contribution in [0.3, 0.4) is 0 Å². The third-order valence-corrected chi connectivity index (χ3v) is 3.27. The van der Waals surface area contributed by atoms with Crippen LogP contribution in [-0.2, 0) is 12.8 Å². The van der Waals surface area contributed by atoms with Crippen LogP contribution in [0.4, 0.5) is 10.3 Å². The van der Waals surface area contributed by atoms with E-state index in [0.717, 1.165) is 11.1 Å². The van der Waals surface area contributed by atoms with Crippen molar-refractivity contribution in [2.45, 2.75) is 33.6 Å². The number of aryl methyl sites for hydroxylation is 2. The molecule has 21 heavy (non-hydrogen) atoms. The summed E-state index contributed by atoms with van der Waals surface area (Å²) < 4.78 is 15.0. The number of nitrogens with one attached hydrogen (secondary N) is 1. The molecule has 0 atom stereocenters. The highest BCUT2D eigenvalue weighted by atomic mass is 19.1. The van der Waals surface area contributed by atoms with Gasteiger partial charge in [0.15, 0.2) is 0 Å². The molecule has 0 saturated carbocycles. The highest BCUT2D eigenvalue weighted by molar-refractivity contribution is 5.48. The predicted octanol–water partition coefficient (Wildman–Crippen LogP) is 2.32. The van der Waals surface area contributed by atoms with Gasteiger partial charge in [0.05, 0.1) is 5.69 Å². The Morgan fingerprint density at radius 1 is 1.19 bits per heavy atom. The maximum atomic E-state index is 13.6. The topological polar surface area (TPSA) is 59.8 Å². The van der Waals surface area contributed by atoms with Gasteiger partial charge in [-0.25, -0.2) is 14.2 Å². The zero-order valence-corrected chi connectivity index (χ0v) is 12.5. The van der Waals surface area contributed by atoms with Crippen LogP contribution in [0.15, 0.2) is 23.3 Å². The largest absolute Gasteiger partial charge is 0.356 e. The summed E-state index contributed by atoms with van der Waals surface area (Å²) in [5.41, 5.74) is 1.81. The molecule has 0 saturated heterocycles. The summed E-state index contributed by atoms with van der Waals surface area (Å²) in [6, 6.07) is 2.91. The van der Waals surface area contributed by atoms with Gasteiger partial charge in [-0.15, -0.1) is 0 Å². The van der Waals surface area contributed by atoms with E-state index in [1.807, 2.05) is 20.8 Å². The number of nitrogens with zero attached hydrogens (tertiary/aromatic N) is 3. The lowest BCUT2D eigenvalue weighted by Gasteiger charge is -2.15. The Morgan fingerprint density at radius 3 is 2.29 bits per heavy atom. The SMILES string of the molecule is CCNc1ncn(-c2c(CC)cc(F)cc2CC)c(=O)n1. The second kappa shape index (κ2) is 6.47. The number of aromatic nitrogens is 3. The Labute approximate surface area is 122 Å². The van der Waals surface area contributed by atoms with Gasteiger partial charge in [-0.2, -0.15) is 4.98 Å². The lowest BCUT2D eigenvalue weighted by molar-refractivity contribution is 0.622. The summed E-state index contributed by atoms with van der Waals surface area (Å²) in [5.74, 6) is 0.0163. The summed E-state index contributed by atoms with van der Waals surface area (Å²) >= 11 is 0. The van der Waals surface area contributed by atoms with Crippen LogP contribution < -0.4 is 11.0 Å². The maximum Gasteiger partial charge on any atom is 0.356 e. The molecule has 0 bridgehead atoms. The van der Waals surface area contributed by atoms with Crippen LogP contribution in [0, 0.1) is 5.82 Å². The van der Waals surface area contributed by atoms with E-state index in [2.05, 4.69) is 15.3 Å². The molecule has 0 amide bonds. The molecular formula is C15H19FN4O. The minimum absolute atomic E-state index is 0.286. The van der Waals surface area contributed by atoms with E-state index < -0.39 is 5.69 Å². The monoisotopic (exact) mass is 290 g/mol. The van der Waals surface area contributed by atoms with Crippen LogP contribution in [0.1, 0.15) is 31.9 Å². The molecule has 1 heterocycles. The quantitative estimate of drug-likeness (QED) is 0.918. The van der Waals surface area contributed by atoms with Crippen molar-refractivity contribution in [1.29, 1.82) is 0 Å². The number of hydrogen-bond donors (Lipinski definition) is 1. The van der Waals surface area contributed by atoms with E-state index in [1.54, 1.807) is 0 Å². The highest BCUT2D eigenvalue weighted by Gasteiger charge is 2.13. The number of benzene rings is 1. The Bertz CT molecular complexity index is 671. The van der Waals surface area contributed by atoms with Gasteiger partial charge in [-0.3, -0.25) is 4.57 Å². The first-order valence-corrected chi connectivity index (χ1v) is 7.11. The molecule has 2 rings (SSSR count). The average Bonchev–Trinajstić information content (AvgIpc) is 2.47. The van der Waals surface area contributed by atoms with Gasteiger partial charge in [-0.05, 0) is 43.0 Å². The zero-order valence-electron chi connectivity index (χ0n) is 12.5. The van der Waals surface area contributed by atoms with Gasteiger partial charge in [0.2, 0.25) is 5.95 Å². The fourth-order valence-electron chi connectivity index (χ4n) is 2.30. The van der Waals surface area contributed by atoms with E-state index in [-0.39, 0.29) is 5.82 Å². The Morgan fingerprint density at radius 2 is 1.81 bits per heavy atom. The fraction of sp³-hybridized carbons (Fsp3) is 0.400. The van der Waals surface area contributed by atoms with Crippen molar-refractivity contribution in [1.82, 2.24) is 14.5 Å².